The molecule has 0 spiro atoms. The standard InChI is InChI=1S/C17H19N3O3/c1-10-6-13-14(7-11(10)2)20-17(22)15(19-13)8-16(21)18-9-12-4-3-5-23-12/h3-7,15,19H,8-9H2,1-2H3,(H,18,21)(H,20,22). The van der Waals surface area contributed by atoms with Crippen LogP contribution >= 0.6 is 0 Å². The molecular formula is C17H19N3O3. The first-order valence-corrected chi connectivity index (χ1v) is 7.50. The van der Waals surface area contributed by atoms with E-state index in [1.54, 1.807) is 18.4 Å². The molecule has 2 amide bonds. The Labute approximate surface area is 134 Å². The van der Waals surface area contributed by atoms with Crippen LogP contribution in [-0.2, 0) is 16.1 Å². The molecule has 120 valence electrons. The van der Waals surface area contributed by atoms with Gasteiger partial charge in [0.15, 0.2) is 0 Å². The van der Waals surface area contributed by atoms with E-state index in [2.05, 4.69) is 16.0 Å². The summed E-state index contributed by atoms with van der Waals surface area (Å²) in [5.74, 6) is 0.270. The topological polar surface area (TPSA) is 83.4 Å². The van der Waals surface area contributed by atoms with Crippen molar-refractivity contribution in [3.63, 3.8) is 0 Å². The number of hydrogen-bond donors (Lipinski definition) is 3. The second-order valence-electron chi connectivity index (χ2n) is 5.73. The molecule has 6 nitrogen and oxygen atoms in total. The van der Waals surface area contributed by atoms with Crippen molar-refractivity contribution in [3.05, 3.63) is 47.4 Å². The third-order valence-corrected chi connectivity index (χ3v) is 3.97. The highest BCUT2D eigenvalue weighted by molar-refractivity contribution is 6.05. The van der Waals surface area contributed by atoms with Crippen molar-refractivity contribution in [2.45, 2.75) is 32.9 Å². The molecule has 0 bridgehead atoms. The Balaban J connectivity index is 1.63. The van der Waals surface area contributed by atoms with Crippen LogP contribution in [0.1, 0.15) is 23.3 Å². The monoisotopic (exact) mass is 313 g/mol. The molecule has 3 N–H and O–H groups in total. The fourth-order valence-corrected chi connectivity index (χ4v) is 2.51. The predicted octanol–water partition coefficient (Wildman–Crippen LogP) is 2.34. The number of rotatable bonds is 4. The molecule has 1 unspecified atom stereocenters. The molecular weight excluding hydrogens is 294 g/mol. The van der Waals surface area contributed by atoms with Gasteiger partial charge in [-0.3, -0.25) is 9.59 Å². The quantitative estimate of drug-likeness (QED) is 0.809. The molecule has 3 rings (SSSR count). The molecule has 1 aliphatic rings. The summed E-state index contributed by atoms with van der Waals surface area (Å²) in [5, 5.41) is 8.74. The Morgan fingerprint density at radius 1 is 1.26 bits per heavy atom. The molecule has 1 aromatic heterocycles. The van der Waals surface area contributed by atoms with Crippen LogP contribution in [0.5, 0.6) is 0 Å². The van der Waals surface area contributed by atoms with Crippen LogP contribution in [0.4, 0.5) is 11.4 Å². The van der Waals surface area contributed by atoms with E-state index in [1.165, 1.54) is 0 Å². The Bertz CT molecular complexity index is 738. The van der Waals surface area contributed by atoms with E-state index in [4.69, 9.17) is 4.42 Å². The third-order valence-electron chi connectivity index (χ3n) is 3.97. The highest BCUT2D eigenvalue weighted by Crippen LogP contribution is 2.30. The summed E-state index contributed by atoms with van der Waals surface area (Å²) in [5.41, 5.74) is 3.84. The summed E-state index contributed by atoms with van der Waals surface area (Å²) < 4.78 is 5.16. The lowest BCUT2D eigenvalue weighted by molar-refractivity contribution is -0.125. The molecule has 1 aromatic carbocycles. The lowest BCUT2D eigenvalue weighted by Crippen LogP contribution is -2.42. The highest BCUT2D eigenvalue weighted by atomic mass is 16.3. The van der Waals surface area contributed by atoms with Crippen LogP contribution in [0.15, 0.2) is 34.9 Å². The number of aryl methyl sites for hydroxylation is 2. The van der Waals surface area contributed by atoms with E-state index in [0.717, 1.165) is 22.5 Å². The van der Waals surface area contributed by atoms with E-state index in [0.29, 0.717) is 12.3 Å². The summed E-state index contributed by atoms with van der Waals surface area (Å²) in [7, 11) is 0. The van der Waals surface area contributed by atoms with Gasteiger partial charge in [-0.25, -0.2) is 0 Å². The smallest absolute Gasteiger partial charge is 0.247 e. The fraction of sp³-hybridized carbons (Fsp3) is 0.294. The minimum absolute atomic E-state index is 0.0684. The van der Waals surface area contributed by atoms with Gasteiger partial charge in [-0.05, 0) is 49.2 Å². The van der Waals surface area contributed by atoms with E-state index < -0.39 is 6.04 Å². The minimum atomic E-state index is -0.582. The Morgan fingerprint density at radius 2 is 2.00 bits per heavy atom. The minimum Gasteiger partial charge on any atom is -0.467 e. The van der Waals surface area contributed by atoms with Crippen LogP contribution in [0.2, 0.25) is 0 Å². The molecule has 1 aliphatic heterocycles. The van der Waals surface area contributed by atoms with Crippen molar-refractivity contribution in [2.24, 2.45) is 0 Å². The molecule has 23 heavy (non-hydrogen) atoms. The summed E-state index contributed by atoms with van der Waals surface area (Å²) in [6.45, 7) is 4.32. The van der Waals surface area contributed by atoms with Crippen LogP contribution in [0.3, 0.4) is 0 Å². The number of carbonyl (C=O) groups is 2. The zero-order valence-electron chi connectivity index (χ0n) is 13.1. The van der Waals surface area contributed by atoms with Gasteiger partial charge in [0.25, 0.3) is 0 Å². The van der Waals surface area contributed by atoms with Gasteiger partial charge in [-0.2, -0.15) is 0 Å². The fourth-order valence-electron chi connectivity index (χ4n) is 2.51. The number of anilines is 2. The average Bonchev–Trinajstić information content (AvgIpc) is 3.01. The molecule has 2 heterocycles. The van der Waals surface area contributed by atoms with Crippen molar-refractivity contribution >= 4 is 23.2 Å². The van der Waals surface area contributed by atoms with Gasteiger partial charge in [0.1, 0.15) is 11.8 Å². The van der Waals surface area contributed by atoms with Gasteiger partial charge in [-0.1, -0.05) is 0 Å². The van der Waals surface area contributed by atoms with Crippen LogP contribution in [-0.4, -0.2) is 17.9 Å². The summed E-state index contributed by atoms with van der Waals surface area (Å²) in [4.78, 5) is 24.2. The van der Waals surface area contributed by atoms with Crippen molar-refractivity contribution in [1.82, 2.24) is 5.32 Å². The first-order chi connectivity index (χ1) is 11.0. The number of furan rings is 1. The van der Waals surface area contributed by atoms with Gasteiger partial charge in [0.2, 0.25) is 11.8 Å². The summed E-state index contributed by atoms with van der Waals surface area (Å²) in [6.07, 6.45) is 1.62. The SMILES string of the molecule is Cc1cc2c(cc1C)NC(CC(=O)NCc1ccco1)C(=O)N2. The van der Waals surface area contributed by atoms with Crippen LogP contribution in [0, 0.1) is 13.8 Å². The predicted molar refractivity (Wildman–Crippen MR) is 87.1 cm³/mol. The number of benzene rings is 1. The number of nitrogens with one attached hydrogen (secondary N) is 3. The maximum atomic E-state index is 12.1. The Kier molecular flexibility index (Phi) is 4.06. The first-order valence-electron chi connectivity index (χ1n) is 7.50. The Hall–Kier alpha value is -2.76. The second-order valence-corrected chi connectivity index (χ2v) is 5.73. The van der Waals surface area contributed by atoms with Gasteiger partial charge in [-0.15, -0.1) is 0 Å². The number of hydrogen-bond acceptors (Lipinski definition) is 4. The van der Waals surface area contributed by atoms with Crippen molar-refractivity contribution in [3.8, 4) is 0 Å². The van der Waals surface area contributed by atoms with E-state index in [9.17, 15) is 9.59 Å². The Morgan fingerprint density at radius 3 is 2.70 bits per heavy atom. The zero-order valence-corrected chi connectivity index (χ0v) is 13.1. The summed E-state index contributed by atoms with van der Waals surface area (Å²) >= 11 is 0. The van der Waals surface area contributed by atoms with Gasteiger partial charge < -0.3 is 20.4 Å². The van der Waals surface area contributed by atoms with E-state index in [-0.39, 0.29) is 18.2 Å². The van der Waals surface area contributed by atoms with Gasteiger partial charge in [0.05, 0.1) is 30.6 Å². The highest BCUT2D eigenvalue weighted by Gasteiger charge is 2.27. The molecule has 0 radical (unpaired) electrons. The van der Waals surface area contributed by atoms with Crippen molar-refractivity contribution in [2.75, 3.05) is 10.6 Å². The largest absolute Gasteiger partial charge is 0.467 e. The van der Waals surface area contributed by atoms with Crippen LogP contribution in [0.25, 0.3) is 0 Å². The maximum absolute atomic E-state index is 12.1. The lowest BCUT2D eigenvalue weighted by atomic mass is 10.0. The summed E-state index contributed by atoms with van der Waals surface area (Å²) in [6, 6.07) is 6.88. The van der Waals surface area contributed by atoms with E-state index in [1.807, 2.05) is 26.0 Å². The molecule has 0 saturated carbocycles. The molecule has 2 aromatic rings. The first kappa shape index (κ1) is 15.1. The second kappa shape index (κ2) is 6.16. The maximum Gasteiger partial charge on any atom is 0.247 e. The molecule has 0 saturated heterocycles. The van der Waals surface area contributed by atoms with Gasteiger partial charge in [0, 0.05) is 0 Å². The third kappa shape index (κ3) is 3.36. The average molecular weight is 313 g/mol. The van der Waals surface area contributed by atoms with E-state index >= 15 is 0 Å². The molecule has 0 aliphatic carbocycles. The molecule has 0 fully saturated rings. The number of carbonyl (C=O) groups excluding carboxylic acids is 2. The normalized spacial score (nSPS) is 16.3. The molecule has 6 heteroatoms. The molecule has 1 atom stereocenters. The number of fused-ring (bicyclic) bond motifs is 1. The zero-order chi connectivity index (χ0) is 16.4. The van der Waals surface area contributed by atoms with Crippen LogP contribution < -0.4 is 16.0 Å². The van der Waals surface area contributed by atoms with Crippen molar-refractivity contribution < 1.29 is 14.0 Å². The van der Waals surface area contributed by atoms with Gasteiger partial charge >= 0.3 is 0 Å². The lowest BCUT2D eigenvalue weighted by Gasteiger charge is -2.27. The van der Waals surface area contributed by atoms with Crippen molar-refractivity contribution in [1.29, 1.82) is 0 Å². The number of amides is 2.